The SMILES string of the molecule is Fc1ccc2nc(CN3CC[C@@H]4OCc5cnnn5[C@@H]4C3)ccc2c1. The van der Waals surface area contributed by atoms with Crippen LogP contribution in [0.5, 0.6) is 0 Å². The van der Waals surface area contributed by atoms with Crippen LogP contribution < -0.4 is 0 Å². The summed E-state index contributed by atoms with van der Waals surface area (Å²) in [4.78, 5) is 7.05. The second kappa shape index (κ2) is 5.86. The number of aromatic nitrogens is 4. The van der Waals surface area contributed by atoms with E-state index in [1.807, 2.05) is 16.8 Å². The highest BCUT2D eigenvalue weighted by atomic mass is 19.1. The maximum atomic E-state index is 13.3. The van der Waals surface area contributed by atoms with Gasteiger partial charge in [-0.05, 0) is 30.7 Å². The number of nitrogens with zero attached hydrogens (tertiary/aromatic N) is 5. The minimum Gasteiger partial charge on any atom is -0.370 e. The van der Waals surface area contributed by atoms with Gasteiger partial charge < -0.3 is 4.74 Å². The molecule has 0 amide bonds. The summed E-state index contributed by atoms with van der Waals surface area (Å²) >= 11 is 0. The highest BCUT2D eigenvalue weighted by Gasteiger charge is 2.36. The van der Waals surface area contributed by atoms with E-state index in [1.165, 1.54) is 12.1 Å². The van der Waals surface area contributed by atoms with Gasteiger partial charge in [0.1, 0.15) is 5.82 Å². The smallest absolute Gasteiger partial charge is 0.123 e. The molecule has 6 nitrogen and oxygen atoms in total. The number of fused-ring (bicyclic) bond motifs is 4. The fourth-order valence-corrected chi connectivity index (χ4v) is 3.84. The predicted molar refractivity (Wildman–Crippen MR) is 89.2 cm³/mol. The molecule has 0 unspecified atom stereocenters. The Morgan fingerprint density at radius 3 is 3.16 bits per heavy atom. The number of hydrogen-bond donors (Lipinski definition) is 0. The van der Waals surface area contributed by atoms with Crippen LogP contribution in [0.1, 0.15) is 23.9 Å². The van der Waals surface area contributed by atoms with Crippen LogP contribution in [-0.2, 0) is 17.9 Å². The molecule has 5 rings (SSSR count). The lowest BCUT2D eigenvalue weighted by Gasteiger charge is -2.40. The van der Waals surface area contributed by atoms with Crippen molar-refractivity contribution in [2.24, 2.45) is 0 Å². The largest absolute Gasteiger partial charge is 0.370 e. The van der Waals surface area contributed by atoms with Gasteiger partial charge in [0, 0.05) is 25.0 Å². The lowest BCUT2D eigenvalue weighted by Crippen LogP contribution is -2.47. The highest BCUT2D eigenvalue weighted by molar-refractivity contribution is 5.78. The average molecular weight is 339 g/mol. The van der Waals surface area contributed by atoms with E-state index in [0.29, 0.717) is 6.61 Å². The monoisotopic (exact) mass is 339 g/mol. The Balaban J connectivity index is 1.36. The first-order chi connectivity index (χ1) is 12.3. The quantitative estimate of drug-likeness (QED) is 0.717. The van der Waals surface area contributed by atoms with E-state index in [4.69, 9.17) is 4.74 Å². The van der Waals surface area contributed by atoms with Gasteiger partial charge in [-0.2, -0.15) is 0 Å². The van der Waals surface area contributed by atoms with E-state index in [0.717, 1.165) is 48.3 Å². The van der Waals surface area contributed by atoms with Gasteiger partial charge >= 0.3 is 0 Å². The number of hydrogen-bond acceptors (Lipinski definition) is 5. The van der Waals surface area contributed by atoms with Crippen molar-refractivity contribution >= 4 is 10.9 Å². The van der Waals surface area contributed by atoms with Crippen LogP contribution in [0, 0.1) is 5.82 Å². The first-order valence-electron chi connectivity index (χ1n) is 8.54. The molecule has 1 aromatic carbocycles. The number of pyridine rings is 1. The number of rotatable bonds is 2. The molecular formula is C18H18FN5O. The number of halogens is 1. The summed E-state index contributed by atoms with van der Waals surface area (Å²) in [6.07, 6.45) is 2.96. The molecule has 25 heavy (non-hydrogen) atoms. The van der Waals surface area contributed by atoms with Crippen molar-refractivity contribution in [3.05, 3.63) is 53.7 Å². The van der Waals surface area contributed by atoms with E-state index in [9.17, 15) is 4.39 Å². The fraction of sp³-hybridized carbons (Fsp3) is 0.389. The van der Waals surface area contributed by atoms with Gasteiger partial charge in [0.15, 0.2) is 0 Å². The second-order valence-corrected chi connectivity index (χ2v) is 6.75. The molecule has 128 valence electrons. The zero-order chi connectivity index (χ0) is 16.8. The van der Waals surface area contributed by atoms with Gasteiger partial charge in [-0.1, -0.05) is 11.3 Å². The maximum Gasteiger partial charge on any atom is 0.123 e. The number of ether oxygens (including phenoxy) is 1. The van der Waals surface area contributed by atoms with Crippen molar-refractivity contribution in [3.8, 4) is 0 Å². The average Bonchev–Trinajstić information content (AvgIpc) is 3.11. The van der Waals surface area contributed by atoms with Crippen LogP contribution in [0.15, 0.2) is 36.5 Å². The molecule has 4 heterocycles. The van der Waals surface area contributed by atoms with E-state index in [2.05, 4.69) is 20.2 Å². The van der Waals surface area contributed by atoms with Gasteiger partial charge in [0.25, 0.3) is 0 Å². The van der Waals surface area contributed by atoms with Crippen molar-refractivity contribution in [3.63, 3.8) is 0 Å². The number of benzene rings is 1. The van der Waals surface area contributed by atoms with E-state index >= 15 is 0 Å². The van der Waals surface area contributed by atoms with Gasteiger partial charge in [-0.15, -0.1) is 5.10 Å². The Hall–Kier alpha value is -2.38. The molecule has 0 saturated carbocycles. The van der Waals surface area contributed by atoms with Crippen LogP contribution in [0.2, 0.25) is 0 Å². The molecule has 2 aliphatic heterocycles. The Labute approximate surface area is 144 Å². The minimum atomic E-state index is -0.231. The molecule has 0 bridgehead atoms. The predicted octanol–water partition coefficient (Wildman–Crippen LogP) is 2.31. The third-order valence-corrected chi connectivity index (χ3v) is 5.11. The molecule has 1 fully saturated rings. The van der Waals surface area contributed by atoms with Crippen molar-refractivity contribution in [2.75, 3.05) is 13.1 Å². The van der Waals surface area contributed by atoms with Crippen LogP contribution in [0.4, 0.5) is 4.39 Å². The van der Waals surface area contributed by atoms with Crippen LogP contribution in [0.3, 0.4) is 0 Å². The molecular weight excluding hydrogens is 321 g/mol. The van der Waals surface area contributed by atoms with Gasteiger partial charge in [0.05, 0.1) is 41.9 Å². The van der Waals surface area contributed by atoms with Crippen LogP contribution in [0.25, 0.3) is 10.9 Å². The summed E-state index contributed by atoms with van der Waals surface area (Å²) in [5.74, 6) is -0.231. The summed E-state index contributed by atoms with van der Waals surface area (Å²) < 4.78 is 21.3. The third-order valence-electron chi connectivity index (χ3n) is 5.11. The summed E-state index contributed by atoms with van der Waals surface area (Å²) in [5, 5.41) is 9.09. The van der Waals surface area contributed by atoms with Crippen molar-refractivity contribution in [2.45, 2.75) is 31.7 Å². The summed E-state index contributed by atoms with van der Waals surface area (Å²) in [6.45, 7) is 3.19. The van der Waals surface area contributed by atoms with Crippen molar-refractivity contribution < 1.29 is 9.13 Å². The van der Waals surface area contributed by atoms with Gasteiger partial charge in [0.2, 0.25) is 0 Å². The molecule has 1 saturated heterocycles. The zero-order valence-corrected chi connectivity index (χ0v) is 13.7. The molecule has 2 aliphatic rings. The minimum absolute atomic E-state index is 0.203. The highest BCUT2D eigenvalue weighted by Crippen LogP contribution is 2.30. The molecule has 0 spiro atoms. The second-order valence-electron chi connectivity index (χ2n) is 6.75. The standard InChI is InChI=1S/C18H18FN5O/c19-13-2-4-16-12(7-13)1-3-14(21-16)9-23-6-5-18-17(10-23)24-15(11-25-18)8-20-22-24/h1-4,7-8,17-18H,5-6,9-11H2/t17-,18+/m1/s1. The molecule has 3 aromatic rings. The van der Waals surface area contributed by atoms with Gasteiger partial charge in [-0.3, -0.25) is 9.88 Å². The molecule has 2 aromatic heterocycles. The molecule has 0 N–H and O–H groups in total. The summed E-state index contributed by atoms with van der Waals surface area (Å²) in [6, 6.07) is 8.82. The molecule has 0 aliphatic carbocycles. The first-order valence-corrected chi connectivity index (χ1v) is 8.54. The van der Waals surface area contributed by atoms with E-state index < -0.39 is 0 Å². The normalized spacial score (nSPS) is 23.4. The van der Waals surface area contributed by atoms with E-state index in [-0.39, 0.29) is 18.0 Å². The summed E-state index contributed by atoms with van der Waals surface area (Å²) in [5.41, 5.74) is 2.86. The maximum absolute atomic E-state index is 13.3. The Morgan fingerprint density at radius 1 is 1.24 bits per heavy atom. The summed E-state index contributed by atoms with van der Waals surface area (Å²) in [7, 11) is 0. The molecule has 2 atom stereocenters. The van der Waals surface area contributed by atoms with Crippen LogP contribution >= 0.6 is 0 Å². The molecule has 0 radical (unpaired) electrons. The zero-order valence-electron chi connectivity index (χ0n) is 13.7. The van der Waals surface area contributed by atoms with Crippen molar-refractivity contribution in [1.29, 1.82) is 0 Å². The fourth-order valence-electron chi connectivity index (χ4n) is 3.84. The lowest BCUT2D eigenvalue weighted by molar-refractivity contribution is -0.0671. The van der Waals surface area contributed by atoms with Crippen molar-refractivity contribution in [1.82, 2.24) is 24.9 Å². The number of piperidine rings is 1. The molecule has 7 heteroatoms. The Morgan fingerprint density at radius 2 is 2.20 bits per heavy atom. The topological polar surface area (TPSA) is 56.1 Å². The van der Waals surface area contributed by atoms with E-state index in [1.54, 1.807) is 12.3 Å². The lowest BCUT2D eigenvalue weighted by atomic mass is 10.00. The van der Waals surface area contributed by atoms with Crippen LogP contribution in [-0.4, -0.2) is 44.1 Å². The number of likely N-dealkylation sites (tertiary alicyclic amines) is 1. The Kier molecular flexibility index (Phi) is 3.50. The van der Waals surface area contributed by atoms with Gasteiger partial charge in [-0.25, -0.2) is 9.07 Å². The third kappa shape index (κ3) is 2.69. The first kappa shape index (κ1) is 14.9. The Bertz CT molecular complexity index is 927.